The van der Waals surface area contributed by atoms with E-state index >= 15 is 0 Å². The molecule has 2 aromatic carbocycles. The molecule has 0 aliphatic carbocycles. The molecule has 0 bridgehead atoms. The first-order valence-electron chi connectivity index (χ1n) is 6.67. The fourth-order valence-corrected chi connectivity index (χ4v) is 2.74. The molecule has 3 N–H and O–H groups in total. The topological polar surface area (TPSA) is 90.4 Å². The molecule has 3 aromatic rings. The third kappa shape index (κ3) is 2.03. The number of hydrogen-bond acceptors (Lipinski definition) is 2. The van der Waals surface area contributed by atoms with Crippen molar-refractivity contribution in [3.63, 3.8) is 0 Å². The minimum atomic E-state index is -1.14. The number of fused-ring (bicyclic) bond motifs is 1. The van der Waals surface area contributed by atoms with Crippen molar-refractivity contribution in [1.29, 1.82) is 0 Å². The van der Waals surface area contributed by atoms with Gasteiger partial charge in [0.1, 0.15) is 0 Å². The molecular formula is C17H13NO4. The fourth-order valence-electron chi connectivity index (χ4n) is 2.74. The molecule has 0 amide bonds. The Morgan fingerprint density at radius 3 is 2.36 bits per heavy atom. The molecule has 3 rings (SSSR count). The molecule has 22 heavy (non-hydrogen) atoms. The number of rotatable bonds is 3. The summed E-state index contributed by atoms with van der Waals surface area (Å²) in [5, 5.41) is 19.6. The standard InChI is InChI=1S/C17H13NO4/c1-9-10(16(19)20)6-7-12(15(9)17(21)22)13-8-18-14-5-3-2-4-11(13)14/h2-8,18H,1H3,(H,19,20)(H,21,22). The fraction of sp³-hybridized carbons (Fsp3) is 0.0588. The predicted molar refractivity (Wildman–Crippen MR) is 82.4 cm³/mol. The Bertz CT molecular complexity index is 908. The number of para-hydroxylation sites is 1. The average molecular weight is 295 g/mol. The first kappa shape index (κ1) is 13.9. The summed E-state index contributed by atoms with van der Waals surface area (Å²) in [5.41, 5.74) is 2.42. The molecule has 0 fully saturated rings. The zero-order valence-corrected chi connectivity index (χ0v) is 11.8. The van der Waals surface area contributed by atoms with Crippen molar-refractivity contribution in [3.05, 3.63) is 59.3 Å². The molecule has 0 atom stereocenters. The van der Waals surface area contributed by atoms with Gasteiger partial charge in [0.15, 0.2) is 0 Å². The summed E-state index contributed by atoms with van der Waals surface area (Å²) in [6.45, 7) is 1.52. The zero-order valence-electron chi connectivity index (χ0n) is 11.8. The van der Waals surface area contributed by atoms with Gasteiger partial charge in [0, 0.05) is 22.7 Å². The molecule has 110 valence electrons. The van der Waals surface area contributed by atoms with Crippen molar-refractivity contribution in [2.75, 3.05) is 0 Å². The second-order valence-electron chi connectivity index (χ2n) is 5.02. The van der Waals surface area contributed by atoms with E-state index in [2.05, 4.69) is 4.98 Å². The number of benzene rings is 2. The highest BCUT2D eigenvalue weighted by Crippen LogP contribution is 2.33. The Kier molecular flexibility index (Phi) is 3.18. The number of nitrogens with one attached hydrogen (secondary N) is 1. The van der Waals surface area contributed by atoms with Gasteiger partial charge in [-0.3, -0.25) is 0 Å². The summed E-state index contributed by atoms with van der Waals surface area (Å²) in [6, 6.07) is 10.6. The molecule has 1 aromatic heterocycles. The van der Waals surface area contributed by atoms with Gasteiger partial charge in [-0.15, -0.1) is 0 Å². The number of carboxylic acid groups (broad SMARTS) is 2. The van der Waals surface area contributed by atoms with Crippen LogP contribution in [0, 0.1) is 6.92 Å². The quantitative estimate of drug-likeness (QED) is 0.689. The normalized spacial score (nSPS) is 10.8. The zero-order chi connectivity index (χ0) is 15.9. The summed E-state index contributed by atoms with van der Waals surface area (Å²) in [4.78, 5) is 26.0. The number of aromatic amines is 1. The summed E-state index contributed by atoms with van der Waals surface area (Å²) >= 11 is 0. The number of carbonyl (C=O) groups is 2. The van der Waals surface area contributed by atoms with Gasteiger partial charge >= 0.3 is 11.9 Å². The summed E-state index contributed by atoms with van der Waals surface area (Å²) in [5.74, 6) is -2.27. The van der Waals surface area contributed by atoms with Crippen LogP contribution in [0.4, 0.5) is 0 Å². The minimum absolute atomic E-state index is 0.000918. The highest BCUT2D eigenvalue weighted by molar-refractivity contribution is 6.06. The molecule has 0 aliphatic heterocycles. The lowest BCUT2D eigenvalue weighted by Crippen LogP contribution is -2.09. The minimum Gasteiger partial charge on any atom is -0.478 e. The highest BCUT2D eigenvalue weighted by Gasteiger charge is 2.21. The van der Waals surface area contributed by atoms with Crippen LogP contribution in [0.2, 0.25) is 0 Å². The lowest BCUT2D eigenvalue weighted by molar-refractivity contribution is 0.0696. The summed E-state index contributed by atoms with van der Waals surface area (Å²) in [7, 11) is 0. The van der Waals surface area contributed by atoms with E-state index in [4.69, 9.17) is 5.11 Å². The first-order valence-corrected chi connectivity index (χ1v) is 6.67. The molecule has 0 saturated carbocycles. The van der Waals surface area contributed by atoms with Crippen LogP contribution in [0.5, 0.6) is 0 Å². The maximum absolute atomic E-state index is 11.6. The van der Waals surface area contributed by atoms with Crippen LogP contribution in [0.3, 0.4) is 0 Å². The van der Waals surface area contributed by atoms with Gasteiger partial charge in [-0.1, -0.05) is 24.3 Å². The Morgan fingerprint density at radius 1 is 0.955 bits per heavy atom. The Morgan fingerprint density at radius 2 is 1.68 bits per heavy atom. The second-order valence-corrected chi connectivity index (χ2v) is 5.02. The molecule has 0 spiro atoms. The Hall–Kier alpha value is -3.08. The monoisotopic (exact) mass is 295 g/mol. The van der Waals surface area contributed by atoms with E-state index in [1.807, 2.05) is 24.3 Å². The lowest BCUT2D eigenvalue weighted by atomic mass is 9.92. The maximum Gasteiger partial charge on any atom is 0.336 e. The number of H-pyrrole nitrogens is 1. The van der Waals surface area contributed by atoms with Crippen LogP contribution in [0.25, 0.3) is 22.0 Å². The molecule has 0 aliphatic rings. The van der Waals surface area contributed by atoms with Crippen LogP contribution in [0.15, 0.2) is 42.6 Å². The summed E-state index contributed by atoms with van der Waals surface area (Å²) in [6.07, 6.45) is 1.74. The smallest absolute Gasteiger partial charge is 0.336 e. The molecule has 5 nitrogen and oxygen atoms in total. The van der Waals surface area contributed by atoms with Gasteiger partial charge < -0.3 is 15.2 Å². The predicted octanol–water partition coefficient (Wildman–Crippen LogP) is 3.54. The van der Waals surface area contributed by atoms with Crippen molar-refractivity contribution >= 4 is 22.8 Å². The van der Waals surface area contributed by atoms with Gasteiger partial charge in [-0.05, 0) is 30.2 Å². The van der Waals surface area contributed by atoms with Crippen molar-refractivity contribution in [2.45, 2.75) is 6.92 Å². The van der Waals surface area contributed by atoms with Crippen LogP contribution in [-0.2, 0) is 0 Å². The summed E-state index contributed by atoms with van der Waals surface area (Å²) < 4.78 is 0. The Labute approximate surface area is 125 Å². The molecule has 0 saturated heterocycles. The van der Waals surface area contributed by atoms with E-state index in [1.54, 1.807) is 12.3 Å². The van der Waals surface area contributed by atoms with Crippen molar-refractivity contribution in [2.24, 2.45) is 0 Å². The van der Waals surface area contributed by atoms with Gasteiger partial charge in [-0.25, -0.2) is 9.59 Å². The van der Waals surface area contributed by atoms with Gasteiger partial charge in [0.05, 0.1) is 11.1 Å². The van der Waals surface area contributed by atoms with Gasteiger partial charge in [-0.2, -0.15) is 0 Å². The van der Waals surface area contributed by atoms with Crippen LogP contribution in [0.1, 0.15) is 26.3 Å². The van der Waals surface area contributed by atoms with Crippen LogP contribution in [-0.4, -0.2) is 27.1 Å². The van der Waals surface area contributed by atoms with E-state index < -0.39 is 11.9 Å². The third-order valence-electron chi connectivity index (χ3n) is 3.79. The van der Waals surface area contributed by atoms with Gasteiger partial charge in [0.25, 0.3) is 0 Å². The van der Waals surface area contributed by atoms with E-state index in [9.17, 15) is 14.7 Å². The molecule has 5 heteroatoms. The molecule has 0 unspecified atom stereocenters. The number of hydrogen-bond donors (Lipinski definition) is 3. The van der Waals surface area contributed by atoms with Crippen molar-refractivity contribution in [3.8, 4) is 11.1 Å². The van der Waals surface area contributed by atoms with E-state index in [1.165, 1.54) is 13.0 Å². The first-order chi connectivity index (χ1) is 10.5. The van der Waals surface area contributed by atoms with E-state index in [0.29, 0.717) is 5.56 Å². The third-order valence-corrected chi connectivity index (χ3v) is 3.79. The number of aromatic nitrogens is 1. The second kappa shape index (κ2) is 5.04. The Balaban J connectivity index is 2.34. The number of aromatic carboxylic acids is 2. The van der Waals surface area contributed by atoms with E-state index in [0.717, 1.165) is 16.5 Å². The van der Waals surface area contributed by atoms with Crippen molar-refractivity contribution in [1.82, 2.24) is 4.98 Å². The molecular weight excluding hydrogens is 282 g/mol. The van der Waals surface area contributed by atoms with Crippen LogP contribution < -0.4 is 0 Å². The van der Waals surface area contributed by atoms with Crippen molar-refractivity contribution < 1.29 is 19.8 Å². The molecule has 0 radical (unpaired) electrons. The maximum atomic E-state index is 11.6. The van der Waals surface area contributed by atoms with E-state index in [-0.39, 0.29) is 16.7 Å². The number of carboxylic acids is 2. The average Bonchev–Trinajstić information content (AvgIpc) is 2.89. The lowest BCUT2D eigenvalue weighted by Gasteiger charge is -2.11. The SMILES string of the molecule is Cc1c(C(=O)O)ccc(-c2c[nH]c3ccccc23)c1C(=O)O. The van der Waals surface area contributed by atoms with Gasteiger partial charge in [0.2, 0.25) is 0 Å². The highest BCUT2D eigenvalue weighted by atomic mass is 16.4. The largest absolute Gasteiger partial charge is 0.478 e. The van der Waals surface area contributed by atoms with Crippen LogP contribution >= 0.6 is 0 Å². The molecule has 1 heterocycles.